The molecule has 0 bridgehead atoms. The molecule has 0 nitrogen and oxygen atoms in total. The minimum atomic E-state index is 0.356. The molecule has 0 N–H and O–H groups in total. The lowest BCUT2D eigenvalue weighted by Gasteiger charge is -2.40. The quantitative estimate of drug-likeness (QED) is 0.584. The molecule has 2 unspecified atom stereocenters. The Labute approximate surface area is 93.7 Å². The fourth-order valence-electron chi connectivity index (χ4n) is 3.07. The maximum atomic E-state index is 2.39. The first-order valence-corrected chi connectivity index (χ1v) is 6.03. The van der Waals surface area contributed by atoms with Gasteiger partial charge in [-0.05, 0) is 41.7 Å². The molecule has 82 valence electrons. The van der Waals surface area contributed by atoms with Crippen LogP contribution in [0.4, 0.5) is 0 Å². The second kappa shape index (κ2) is 3.37. The van der Waals surface area contributed by atoms with Crippen LogP contribution in [0.2, 0.25) is 0 Å². The van der Waals surface area contributed by atoms with Gasteiger partial charge in [0.05, 0.1) is 0 Å². The van der Waals surface area contributed by atoms with Crippen LogP contribution in [-0.2, 0) is 5.41 Å². The summed E-state index contributed by atoms with van der Waals surface area (Å²) >= 11 is 0. The molecule has 0 aromatic heterocycles. The second-order valence-corrected chi connectivity index (χ2v) is 5.94. The Kier molecular flexibility index (Phi) is 2.41. The molecule has 1 aromatic carbocycles. The molecule has 1 aliphatic carbocycles. The molecule has 0 heterocycles. The summed E-state index contributed by atoms with van der Waals surface area (Å²) in [6, 6.07) is 6.98. The molecular formula is C15H22. The van der Waals surface area contributed by atoms with Crippen LogP contribution in [0.1, 0.15) is 56.7 Å². The predicted molar refractivity (Wildman–Crippen MR) is 66.4 cm³/mol. The van der Waals surface area contributed by atoms with Crippen molar-refractivity contribution >= 4 is 0 Å². The van der Waals surface area contributed by atoms with Crippen molar-refractivity contribution in [2.75, 3.05) is 0 Å². The van der Waals surface area contributed by atoms with Crippen LogP contribution in [0.25, 0.3) is 0 Å². The topological polar surface area (TPSA) is 0 Å². The van der Waals surface area contributed by atoms with Crippen LogP contribution in [0, 0.1) is 12.8 Å². The van der Waals surface area contributed by atoms with E-state index in [1.807, 2.05) is 0 Å². The summed E-state index contributed by atoms with van der Waals surface area (Å²) in [5, 5.41) is 0. The molecule has 0 saturated carbocycles. The van der Waals surface area contributed by atoms with E-state index in [0.29, 0.717) is 11.3 Å². The van der Waals surface area contributed by atoms with E-state index in [-0.39, 0.29) is 0 Å². The lowest BCUT2D eigenvalue weighted by molar-refractivity contribution is 0.310. The molecule has 1 aliphatic rings. The van der Waals surface area contributed by atoms with Crippen molar-refractivity contribution < 1.29 is 0 Å². The van der Waals surface area contributed by atoms with Crippen molar-refractivity contribution in [1.82, 2.24) is 0 Å². The third-order valence-corrected chi connectivity index (χ3v) is 4.11. The van der Waals surface area contributed by atoms with E-state index in [0.717, 1.165) is 5.92 Å². The lowest BCUT2D eigenvalue weighted by Crippen LogP contribution is -2.30. The summed E-state index contributed by atoms with van der Waals surface area (Å²) in [5.74, 6) is 1.52. The zero-order valence-corrected chi connectivity index (χ0v) is 10.6. The molecule has 2 atom stereocenters. The zero-order valence-electron chi connectivity index (χ0n) is 10.6. The lowest BCUT2D eigenvalue weighted by atomic mass is 9.64. The van der Waals surface area contributed by atoms with Crippen LogP contribution in [0.15, 0.2) is 18.2 Å². The standard InChI is InChI=1S/C15H22/c1-10-6-7-14-13(8-10)12(3)11(2)9-15(14,4)5/h6-8,11-12H,9H2,1-5H3. The first-order valence-electron chi connectivity index (χ1n) is 6.03. The highest BCUT2D eigenvalue weighted by molar-refractivity contribution is 5.41. The number of rotatable bonds is 0. The van der Waals surface area contributed by atoms with E-state index in [4.69, 9.17) is 0 Å². The highest BCUT2D eigenvalue weighted by Gasteiger charge is 2.34. The van der Waals surface area contributed by atoms with E-state index in [1.165, 1.54) is 12.0 Å². The Bertz CT molecular complexity index is 374. The highest BCUT2D eigenvalue weighted by Crippen LogP contribution is 2.45. The minimum Gasteiger partial charge on any atom is -0.0619 e. The maximum absolute atomic E-state index is 2.39. The third kappa shape index (κ3) is 1.71. The second-order valence-electron chi connectivity index (χ2n) is 5.94. The number of hydrogen-bond donors (Lipinski definition) is 0. The average Bonchev–Trinajstić information content (AvgIpc) is 2.13. The first kappa shape index (κ1) is 10.7. The van der Waals surface area contributed by atoms with Gasteiger partial charge in [0.2, 0.25) is 0 Å². The van der Waals surface area contributed by atoms with Gasteiger partial charge in [0.25, 0.3) is 0 Å². The molecule has 0 amide bonds. The molecule has 1 aromatic rings. The Morgan fingerprint density at radius 3 is 2.53 bits per heavy atom. The maximum Gasteiger partial charge on any atom is -0.00980 e. The number of benzene rings is 1. The van der Waals surface area contributed by atoms with Crippen molar-refractivity contribution in [3.05, 3.63) is 34.9 Å². The summed E-state index contributed by atoms with van der Waals surface area (Å²) in [7, 11) is 0. The van der Waals surface area contributed by atoms with Crippen molar-refractivity contribution in [1.29, 1.82) is 0 Å². The molecule has 0 saturated heterocycles. The molecule has 0 aliphatic heterocycles. The smallest absolute Gasteiger partial charge is 0.00980 e. The van der Waals surface area contributed by atoms with Crippen LogP contribution >= 0.6 is 0 Å². The molecule has 2 rings (SSSR count). The molecule has 0 fully saturated rings. The molecule has 0 radical (unpaired) electrons. The Morgan fingerprint density at radius 2 is 1.87 bits per heavy atom. The predicted octanol–water partition coefficient (Wildman–Crippen LogP) is 4.42. The summed E-state index contributed by atoms with van der Waals surface area (Å²) in [4.78, 5) is 0. The Morgan fingerprint density at radius 1 is 1.20 bits per heavy atom. The fraction of sp³-hybridized carbons (Fsp3) is 0.600. The molecule has 0 spiro atoms. The van der Waals surface area contributed by atoms with Crippen LogP contribution in [0.3, 0.4) is 0 Å². The number of fused-ring (bicyclic) bond motifs is 1. The van der Waals surface area contributed by atoms with Gasteiger partial charge in [-0.15, -0.1) is 0 Å². The van der Waals surface area contributed by atoms with Crippen molar-refractivity contribution in [2.45, 2.75) is 52.4 Å². The summed E-state index contributed by atoms with van der Waals surface area (Å²) < 4.78 is 0. The van der Waals surface area contributed by atoms with E-state index >= 15 is 0 Å². The van der Waals surface area contributed by atoms with E-state index in [1.54, 1.807) is 11.1 Å². The monoisotopic (exact) mass is 202 g/mol. The molecular weight excluding hydrogens is 180 g/mol. The van der Waals surface area contributed by atoms with Crippen LogP contribution < -0.4 is 0 Å². The van der Waals surface area contributed by atoms with Crippen molar-refractivity contribution in [3.63, 3.8) is 0 Å². The normalized spacial score (nSPS) is 28.6. The van der Waals surface area contributed by atoms with Gasteiger partial charge >= 0.3 is 0 Å². The SMILES string of the molecule is Cc1ccc2c(c1)C(C)C(C)CC2(C)C. The van der Waals surface area contributed by atoms with Gasteiger partial charge in [0, 0.05) is 0 Å². The Hall–Kier alpha value is -0.780. The van der Waals surface area contributed by atoms with Gasteiger partial charge in [-0.1, -0.05) is 51.5 Å². The van der Waals surface area contributed by atoms with E-state index in [9.17, 15) is 0 Å². The highest BCUT2D eigenvalue weighted by atomic mass is 14.4. The summed E-state index contributed by atoms with van der Waals surface area (Å²) in [5.41, 5.74) is 4.90. The zero-order chi connectivity index (χ0) is 11.2. The van der Waals surface area contributed by atoms with Gasteiger partial charge in [0.15, 0.2) is 0 Å². The first-order chi connectivity index (χ1) is 6.92. The summed E-state index contributed by atoms with van der Waals surface area (Å²) in [6.45, 7) is 11.7. The van der Waals surface area contributed by atoms with Gasteiger partial charge < -0.3 is 0 Å². The van der Waals surface area contributed by atoms with E-state index < -0.39 is 0 Å². The Balaban J connectivity index is 2.59. The van der Waals surface area contributed by atoms with Crippen molar-refractivity contribution in [3.8, 4) is 0 Å². The van der Waals surface area contributed by atoms with Gasteiger partial charge in [-0.25, -0.2) is 0 Å². The summed E-state index contributed by atoms with van der Waals surface area (Å²) in [6.07, 6.45) is 1.31. The third-order valence-electron chi connectivity index (χ3n) is 4.11. The largest absolute Gasteiger partial charge is 0.0619 e. The number of hydrogen-bond acceptors (Lipinski definition) is 0. The minimum absolute atomic E-state index is 0.356. The fourth-order valence-corrected chi connectivity index (χ4v) is 3.07. The van der Waals surface area contributed by atoms with Gasteiger partial charge in [0.1, 0.15) is 0 Å². The van der Waals surface area contributed by atoms with E-state index in [2.05, 4.69) is 52.8 Å². The molecule has 0 heteroatoms. The van der Waals surface area contributed by atoms with Crippen molar-refractivity contribution in [2.24, 2.45) is 5.92 Å². The average molecular weight is 202 g/mol. The van der Waals surface area contributed by atoms with Crippen LogP contribution in [0.5, 0.6) is 0 Å². The van der Waals surface area contributed by atoms with Gasteiger partial charge in [-0.3, -0.25) is 0 Å². The van der Waals surface area contributed by atoms with Crippen LogP contribution in [-0.4, -0.2) is 0 Å². The molecule has 15 heavy (non-hydrogen) atoms. The number of aryl methyl sites for hydroxylation is 1. The van der Waals surface area contributed by atoms with Gasteiger partial charge in [-0.2, -0.15) is 0 Å².